The van der Waals surface area contributed by atoms with Gasteiger partial charge in [0.25, 0.3) is 0 Å². The van der Waals surface area contributed by atoms with E-state index in [9.17, 15) is 9.59 Å². The van der Waals surface area contributed by atoms with Crippen LogP contribution in [0.4, 0.5) is 0 Å². The van der Waals surface area contributed by atoms with Crippen molar-refractivity contribution < 1.29 is 14.1 Å². The van der Waals surface area contributed by atoms with Gasteiger partial charge in [0.05, 0.1) is 5.92 Å². The molecule has 22 heavy (non-hydrogen) atoms. The molecule has 1 unspecified atom stereocenters. The number of aromatic nitrogens is 1. The molecule has 0 bridgehead atoms. The van der Waals surface area contributed by atoms with Crippen LogP contribution in [0.15, 0.2) is 16.7 Å². The van der Waals surface area contributed by atoms with Crippen molar-refractivity contribution in [1.82, 2.24) is 15.4 Å². The molecule has 1 saturated heterocycles. The molecule has 6 nitrogen and oxygen atoms in total. The van der Waals surface area contributed by atoms with Gasteiger partial charge in [-0.2, -0.15) is 0 Å². The number of hydrogen-bond acceptors (Lipinski definition) is 5. The van der Waals surface area contributed by atoms with Gasteiger partial charge in [0.2, 0.25) is 11.8 Å². The minimum atomic E-state index is -0.404. The maximum Gasteiger partial charge on any atom is 0.235 e. The summed E-state index contributed by atoms with van der Waals surface area (Å²) in [5, 5.41) is 7.44. The second-order valence-electron chi connectivity index (χ2n) is 6.14. The van der Waals surface area contributed by atoms with Crippen LogP contribution in [0.2, 0.25) is 0 Å². The van der Waals surface area contributed by atoms with Gasteiger partial charge in [0.1, 0.15) is 5.69 Å². The summed E-state index contributed by atoms with van der Waals surface area (Å²) < 4.78 is 5.58. The summed E-state index contributed by atoms with van der Waals surface area (Å²) in [6, 6.07) is 4.10. The lowest BCUT2D eigenvalue weighted by Gasteiger charge is -2.24. The zero-order valence-electron chi connectivity index (χ0n) is 12.4. The summed E-state index contributed by atoms with van der Waals surface area (Å²) in [4.78, 5) is 25.6. The van der Waals surface area contributed by atoms with E-state index in [2.05, 4.69) is 28.5 Å². The van der Waals surface area contributed by atoms with E-state index in [0.29, 0.717) is 18.5 Å². The smallest absolute Gasteiger partial charge is 0.235 e. The Morgan fingerprint density at radius 2 is 2.18 bits per heavy atom. The third-order valence-corrected chi connectivity index (χ3v) is 4.63. The number of amides is 2. The first-order valence-electron chi connectivity index (χ1n) is 7.56. The first-order chi connectivity index (χ1) is 10.6. The number of nitrogens with one attached hydrogen (secondary N) is 1. The summed E-state index contributed by atoms with van der Waals surface area (Å²) in [7, 11) is 2.08. The van der Waals surface area contributed by atoms with Gasteiger partial charge in [-0.15, -0.1) is 0 Å². The lowest BCUT2D eigenvalue weighted by Crippen LogP contribution is -2.39. The standard InChI is InChI=1S/C16H17N3O3/c1-19-7-6-9-2-3-10-14(18-22-15(10)12(9)8-19)11-4-5-13(20)17-16(11)21/h2-3,11H,4-8H2,1H3,(H,17,20,21). The highest BCUT2D eigenvalue weighted by atomic mass is 16.5. The largest absolute Gasteiger partial charge is 0.356 e. The number of benzene rings is 1. The van der Waals surface area contributed by atoms with Crippen molar-refractivity contribution >= 4 is 22.8 Å². The van der Waals surface area contributed by atoms with Gasteiger partial charge in [0.15, 0.2) is 5.58 Å². The maximum atomic E-state index is 12.1. The molecule has 0 radical (unpaired) electrons. The minimum Gasteiger partial charge on any atom is -0.356 e. The van der Waals surface area contributed by atoms with Crippen molar-refractivity contribution in [3.05, 3.63) is 29.0 Å². The van der Waals surface area contributed by atoms with Crippen molar-refractivity contribution in [1.29, 1.82) is 0 Å². The number of rotatable bonds is 1. The number of hydrogen-bond donors (Lipinski definition) is 1. The summed E-state index contributed by atoms with van der Waals surface area (Å²) in [6.07, 6.45) is 1.83. The monoisotopic (exact) mass is 299 g/mol. The molecule has 2 amide bonds. The van der Waals surface area contributed by atoms with E-state index in [1.54, 1.807) is 0 Å². The number of carbonyl (C=O) groups excluding carboxylic acids is 2. The van der Waals surface area contributed by atoms with Crippen LogP contribution < -0.4 is 5.32 Å². The Labute approximate surface area is 127 Å². The fourth-order valence-corrected chi connectivity index (χ4v) is 3.39. The van der Waals surface area contributed by atoms with Crippen molar-refractivity contribution in [2.24, 2.45) is 0 Å². The average molecular weight is 299 g/mol. The number of likely N-dealkylation sites (N-methyl/N-ethyl adjacent to an activating group) is 1. The van der Waals surface area contributed by atoms with E-state index in [-0.39, 0.29) is 11.8 Å². The predicted molar refractivity (Wildman–Crippen MR) is 79.2 cm³/mol. The summed E-state index contributed by atoms with van der Waals surface area (Å²) in [6.45, 7) is 1.86. The van der Waals surface area contributed by atoms with Crippen LogP contribution in [0.1, 0.15) is 35.6 Å². The van der Waals surface area contributed by atoms with Crippen LogP contribution in [0.25, 0.3) is 11.0 Å². The van der Waals surface area contributed by atoms with Gasteiger partial charge in [-0.05, 0) is 31.5 Å². The van der Waals surface area contributed by atoms with Crippen molar-refractivity contribution in [3.63, 3.8) is 0 Å². The Kier molecular flexibility index (Phi) is 3.00. The third-order valence-electron chi connectivity index (χ3n) is 4.63. The molecule has 0 spiro atoms. The van der Waals surface area contributed by atoms with Gasteiger partial charge < -0.3 is 9.42 Å². The van der Waals surface area contributed by atoms with E-state index < -0.39 is 5.92 Å². The molecule has 2 aliphatic rings. The molecule has 1 aromatic carbocycles. The molecule has 1 fully saturated rings. The van der Waals surface area contributed by atoms with Crippen LogP contribution in [-0.4, -0.2) is 35.5 Å². The van der Waals surface area contributed by atoms with Crippen molar-refractivity contribution in [2.45, 2.75) is 31.7 Å². The summed E-state index contributed by atoms with van der Waals surface area (Å²) >= 11 is 0. The Morgan fingerprint density at radius 3 is 3.00 bits per heavy atom. The highest BCUT2D eigenvalue weighted by molar-refractivity contribution is 6.02. The van der Waals surface area contributed by atoms with Gasteiger partial charge in [0, 0.05) is 30.5 Å². The van der Waals surface area contributed by atoms with E-state index >= 15 is 0 Å². The SMILES string of the molecule is CN1CCc2ccc3c(C4CCC(=O)NC4=O)noc3c2C1. The Morgan fingerprint density at radius 1 is 1.32 bits per heavy atom. The van der Waals surface area contributed by atoms with Crippen LogP contribution >= 0.6 is 0 Å². The topological polar surface area (TPSA) is 75.4 Å². The van der Waals surface area contributed by atoms with E-state index in [1.807, 2.05) is 6.07 Å². The second kappa shape index (κ2) is 4.91. The number of carbonyl (C=O) groups is 2. The van der Waals surface area contributed by atoms with Gasteiger partial charge >= 0.3 is 0 Å². The fraction of sp³-hybridized carbons (Fsp3) is 0.438. The zero-order chi connectivity index (χ0) is 15.3. The Balaban J connectivity index is 1.79. The predicted octanol–water partition coefficient (Wildman–Crippen LogP) is 1.34. The van der Waals surface area contributed by atoms with Crippen LogP contribution in [-0.2, 0) is 22.6 Å². The lowest BCUT2D eigenvalue weighted by atomic mass is 9.90. The molecular formula is C16H17N3O3. The zero-order valence-corrected chi connectivity index (χ0v) is 12.4. The maximum absolute atomic E-state index is 12.1. The highest BCUT2D eigenvalue weighted by Gasteiger charge is 2.32. The molecular weight excluding hydrogens is 282 g/mol. The van der Waals surface area contributed by atoms with Gasteiger partial charge in [-0.3, -0.25) is 14.9 Å². The number of imide groups is 1. The Hall–Kier alpha value is -2.21. The fourth-order valence-electron chi connectivity index (χ4n) is 3.39. The van der Waals surface area contributed by atoms with Crippen LogP contribution in [0.3, 0.4) is 0 Å². The van der Waals surface area contributed by atoms with Crippen LogP contribution in [0.5, 0.6) is 0 Å². The molecule has 6 heteroatoms. The van der Waals surface area contributed by atoms with Crippen LogP contribution in [0, 0.1) is 0 Å². The molecule has 3 heterocycles. The van der Waals surface area contributed by atoms with Gasteiger partial charge in [-0.25, -0.2) is 0 Å². The molecule has 4 rings (SSSR count). The first-order valence-corrected chi connectivity index (χ1v) is 7.56. The molecule has 1 aromatic heterocycles. The number of piperidine rings is 1. The normalized spacial score (nSPS) is 22.7. The summed E-state index contributed by atoms with van der Waals surface area (Å²) in [5.74, 6) is -0.896. The second-order valence-corrected chi connectivity index (χ2v) is 6.14. The highest BCUT2D eigenvalue weighted by Crippen LogP contribution is 2.34. The Bertz CT molecular complexity index is 780. The number of nitrogens with zero attached hydrogens (tertiary/aromatic N) is 2. The van der Waals surface area contributed by atoms with Gasteiger partial charge in [-0.1, -0.05) is 11.2 Å². The molecule has 0 saturated carbocycles. The van der Waals surface area contributed by atoms with E-state index in [1.165, 1.54) is 5.56 Å². The van der Waals surface area contributed by atoms with Crippen molar-refractivity contribution in [2.75, 3.05) is 13.6 Å². The molecule has 2 aliphatic heterocycles. The quantitative estimate of drug-likeness (QED) is 0.804. The third kappa shape index (κ3) is 2.02. The molecule has 1 atom stereocenters. The number of fused-ring (bicyclic) bond motifs is 3. The average Bonchev–Trinajstić information content (AvgIpc) is 2.91. The molecule has 0 aliphatic carbocycles. The minimum absolute atomic E-state index is 0.215. The van der Waals surface area contributed by atoms with Crippen molar-refractivity contribution in [3.8, 4) is 0 Å². The molecule has 2 aromatic rings. The summed E-state index contributed by atoms with van der Waals surface area (Å²) in [5.41, 5.74) is 3.88. The van der Waals surface area contributed by atoms with E-state index in [0.717, 1.165) is 36.0 Å². The van der Waals surface area contributed by atoms with E-state index in [4.69, 9.17) is 4.52 Å². The molecule has 1 N–H and O–H groups in total. The lowest BCUT2D eigenvalue weighted by molar-refractivity contribution is -0.134. The first kappa shape index (κ1) is 13.5. The molecule has 114 valence electrons.